The summed E-state index contributed by atoms with van der Waals surface area (Å²) in [6.07, 6.45) is 6.89. The fourth-order valence-electron chi connectivity index (χ4n) is 4.47. The Labute approximate surface area is 207 Å². The van der Waals surface area contributed by atoms with Crippen molar-refractivity contribution in [1.82, 2.24) is 4.90 Å². The molecule has 6 nitrogen and oxygen atoms in total. The molecule has 0 N–H and O–H groups in total. The largest absolute Gasteiger partial charge is 0.459 e. The van der Waals surface area contributed by atoms with Gasteiger partial charge in [-0.2, -0.15) is 0 Å². The van der Waals surface area contributed by atoms with Gasteiger partial charge in [0, 0.05) is 31.7 Å². The molecule has 0 aliphatic carbocycles. The molecule has 2 atom stereocenters. The second-order valence-electron chi connectivity index (χ2n) is 8.80. The highest BCUT2D eigenvalue weighted by molar-refractivity contribution is 6.12. The monoisotopic (exact) mass is 475 g/mol. The highest BCUT2D eigenvalue weighted by Crippen LogP contribution is 2.37. The number of nitrogens with zero attached hydrogens (tertiary/aromatic N) is 1. The number of carbonyl (C=O) groups is 4. The third-order valence-corrected chi connectivity index (χ3v) is 6.44. The summed E-state index contributed by atoms with van der Waals surface area (Å²) in [5, 5.41) is 0. The van der Waals surface area contributed by atoms with Crippen LogP contribution in [0.4, 0.5) is 0 Å². The number of amides is 1. The van der Waals surface area contributed by atoms with Crippen LogP contribution in [-0.2, 0) is 30.5 Å². The first-order valence-corrected chi connectivity index (χ1v) is 12.2. The number of β-lactam (4-membered cyclic amide) rings is 1. The van der Waals surface area contributed by atoms with Crippen LogP contribution in [0.5, 0.6) is 0 Å². The van der Waals surface area contributed by atoms with Crippen molar-refractivity contribution in [1.29, 1.82) is 0 Å². The zero-order valence-electron chi connectivity index (χ0n) is 20.2. The van der Waals surface area contributed by atoms with Crippen molar-refractivity contribution >= 4 is 30.0 Å². The topological polar surface area (TPSA) is 80.8 Å². The Bertz CT molecular complexity index is 1030. The van der Waals surface area contributed by atoms with Crippen LogP contribution < -0.4 is 0 Å². The molecule has 0 aromatic heterocycles. The van der Waals surface area contributed by atoms with E-state index in [0.29, 0.717) is 32.1 Å². The maximum absolute atomic E-state index is 13.7. The minimum atomic E-state index is -1.72. The smallest absolute Gasteiger partial charge is 0.340 e. The van der Waals surface area contributed by atoms with Gasteiger partial charge >= 0.3 is 5.97 Å². The standard InChI is InChI=1S/C29H33NO5/c1-2-25-21-27(33)30(25)29(26(32)18-10-5-11-20-31,19-12-17-23-13-6-3-7-14-23)28(34)35-22-24-15-8-4-9-16-24/h3-4,6-9,12-17,20,25H,2,5,10-11,18-19,21-22H2,1H3. The molecule has 2 aromatic carbocycles. The summed E-state index contributed by atoms with van der Waals surface area (Å²) in [5.41, 5.74) is 0.00602. The molecule has 3 rings (SSSR count). The number of unbranched alkanes of at least 4 members (excludes halogenated alkanes) is 2. The lowest BCUT2D eigenvalue weighted by molar-refractivity contribution is -0.181. The third-order valence-electron chi connectivity index (χ3n) is 6.44. The average molecular weight is 476 g/mol. The van der Waals surface area contributed by atoms with Crippen molar-refractivity contribution in [2.45, 2.75) is 70.1 Å². The number of benzene rings is 2. The van der Waals surface area contributed by atoms with Gasteiger partial charge in [0.1, 0.15) is 12.9 Å². The Morgan fingerprint density at radius 2 is 1.74 bits per heavy atom. The van der Waals surface area contributed by atoms with E-state index in [0.717, 1.165) is 17.4 Å². The van der Waals surface area contributed by atoms with Crippen LogP contribution in [0.25, 0.3) is 6.08 Å². The number of carbonyl (C=O) groups excluding carboxylic acids is 4. The second kappa shape index (κ2) is 12.8. The number of Topliss-reactive ketones (excluding diaryl/α,β-unsaturated/α-hetero) is 1. The van der Waals surface area contributed by atoms with E-state index >= 15 is 0 Å². The number of likely N-dealkylation sites (tertiary alicyclic amines) is 1. The maximum atomic E-state index is 13.7. The summed E-state index contributed by atoms with van der Waals surface area (Å²) >= 11 is 0. The first kappa shape index (κ1) is 26.1. The molecule has 0 bridgehead atoms. The minimum Gasteiger partial charge on any atom is -0.459 e. The lowest BCUT2D eigenvalue weighted by atomic mass is 9.79. The Morgan fingerprint density at radius 1 is 1.06 bits per heavy atom. The number of rotatable bonds is 14. The first-order chi connectivity index (χ1) is 17.0. The SMILES string of the molecule is CCC1CC(=O)N1C(CC=Cc1ccccc1)(C(=O)CCCCC=O)C(=O)OCc1ccccc1. The molecule has 1 aliphatic rings. The van der Waals surface area contributed by atoms with Crippen molar-refractivity contribution in [3.63, 3.8) is 0 Å². The molecule has 2 aromatic rings. The summed E-state index contributed by atoms with van der Waals surface area (Å²) in [7, 11) is 0. The van der Waals surface area contributed by atoms with Gasteiger partial charge in [-0.05, 0) is 30.4 Å². The molecule has 184 valence electrons. The zero-order chi connectivity index (χ0) is 25.1. The molecular formula is C29H33NO5. The molecule has 1 aliphatic heterocycles. The Kier molecular flexibility index (Phi) is 9.53. The van der Waals surface area contributed by atoms with Gasteiger partial charge in [-0.25, -0.2) is 4.79 Å². The number of hydrogen-bond donors (Lipinski definition) is 0. The number of hydrogen-bond acceptors (Lipinski definition) is 5. The molecule has 35 heavy (non-hydrogen) atoms. The Balaban J connectivity index is 1.94. The van der Waals surface area contributed by atoms with Crippen LogP contribution in [0.2, 0.25) is 0 Å². The maximum Gasteiger partial charge on any atom is 0.340 e. The molecular weight excluding hydrogens is 442 g/mol. The predicted molar refractivity (Wildman–Crippen MR) is 134 cm³/mol. The minimum absolute atomic E-state index is 0.0149. The van der Waals surface area contributed by atoms with Crippen LogP contribution in [0.1, 0.15) is 63.0 Å². The van der Waals surface area contributed by atoms with Gasteiger partial charge in [0.2, 0.25) is 11.4 Å². The van der Waals surface area contributed by atoms with Gasteiger partial charge < -0.3 is 14.4 Å². The van der Waals surface area contributed by atoms with Crippen molar-refractivity contribution in [3.8, 4) is 0 Å². The van der Waals surface area contributed by atoms with Gasteiger partial charge in [-0.1, -0.05) is 79.7 Å². The van der Waals surface area contributed by atoms with Crippen molar-refractivity contribution in [2.75, 3.05) is 0 Å². The van der Waals surface area contributed by atoms with Gasteiger partial charge in [0.25, 0.3) is 0 Å². The fraction of sp³-hybridized carbons (Fsp3) is 0.379. The van der Waals surface area contributed by atoms with Crippen LogP contribution in [0, 0.1) is 0 Å². The van der Waals surface area contributed by atoms with E-state index in [1.54, 1.807) is 6.08 Å². The van der Waals surface area contributed by atoms with Gasteiger partial charge in [-0.15, -0.1) is 0 Å². The van der Waals surface area contributed by atoms with Crippen LogP contribution in [0.15, 0.2) is 66.7 Å². The molecule has 1 amide bonds. The van der Waals surface area contributed by atoms with Crippen LogP contribution in [-0.4, -0.2) is 40.4 Å². The molecule has 1 saturated heterocycles. The summed E-state index contributed by atoms with van der Waals surface area (Å²) in [6.45, 7) is 1.96. The molecule has 1 heterocycles. The van der Waals surface area contributed by atoms with E-state index in [9.17, 15) is 19.2 Å². The summed E-state index contributed by atoms with van der Waals surface area (Å²) in [4.78, 5) is 52.5. The summed E-state index contributed by atoms with van der Waals surface area (Å²) in [5.74, 6) is -1.26. The van der Waals surface area contributed by atoms with Gasteiger partial charge in [0.05, 0.1) is 0 Å². The van der Waals surface area contributed by atoms with E-state index < -0.39 is 11.5 Å². The number of esters is 1. The van der Waals surface area contributed by atoms with Crippen molar-refractivity contribution < 1.29 is 23.9 Å². The van der Waals surface area contributed by atoms with Crippen molar-refractivity contribution in [2.24, 2.45) is 0 Å². The quantitative estimate of drug-likeness (QED) is 0.127. The highest BCUT2D eigenvalue weighted by Gasteiger charge is 2.58. The molecule has 0 radical (unpaired) electrons. The van der Waals surface area contributed by atoms with E-state index in [1.807, 2.05) is 73.7 Å². The van der Waals surface area contributed by atoms with E-state index in [-0.39, 0.29) is 37.2 Å². The Hall–Kier alpha value is -3.54. The number of aldehydes is 1. The van der Waals surface area contributed by atoms with E-state index in [2.05, 4.69) is 0 Å². The first-order valence-electron chi connectivity index (χ1n) is 12.2. The zero-order valence-corrected chi connectivity index (χ0v) is 20.2. The average Bonchev–Trinajstić information content (AvgIpc) is 2.88. The predicted octanol–water partition coefficient (Wildman–Crippen LogP) is 4.91. The van der Waals surface area contributed by atoms with E-state index in [1.165, 1.54) is 4.90 Å². The highest BCUT2D eigenvalue weighted by atomic mass is 16.5. The van der Waals surface area contributed by atoms with E-state index in [4.69, 9.17) is 4.74 Å². The molecule has 2 unspecified atom stereocenters. The molecule has 0 saturated carbocycles. The molecule has 6 heteroatoms. The Morgan fingerprint density at radius 3 is 2.37 bits per heavy atom. The summed E-state index contributed by atoms with van der Waals surface area (Å²) < 4.78 is 5.70. The molecule has 0 spiro atoms. The van der Waals surface area contributed by atoms with Crippen molar-refractivity contribution in [3.05, 3.63) is 77.9 Å². The van der Waals surface area contributed by atoms with Gasteiger partial charge in [-0.3, -0.25) is 9.59 Å². The number of ketones is 1. The molecule has 1 fully saturated rings. The lowest BCUT2D eigenvalue weighted by Crippen LogP contribution is -2.70. The van der Waals surface area contributed by atoms with Crippen LogP contribution >= 0.6 is 0 Å². The van der Waals surface area contributed by atoms with Gasteiger partial charge in [0.15, 0.2) is 5.78 Å². The number of ether oxygens (including phenoxy) is 1. The van der Waals surface area contributed by atoms with Crippen LogP contribution in [0.3, 0.4) is 0 Å². The summed E-state index contributed by atoms with van der Waals surface area (Å²) in [6, 6.07) is 18.6. The third kappa shape index (κ3) is 6.32. The lowest BCUT2D eigenvalue weighted by Gasteiger charge is -2.50. The normalized spacial score (nSPS) is 17.0. The fourth-order valence-corrected chi connectivity index (χ4v) is 4.47. The second-order valence-corrected chi connectivity index (χ2v) is 8.80.